The van der Waals surface area contributed by atoms with Crippen molar-refractivity contribution in [2.45, 2.75) is 118 Å². The Morgan fingerprint density at radius 2 is 1.53 bits per heavy atom. The molecule has 4 atom stereocenters. The third-order valence-electron chi connectivity index (χ3n) is 7.32. The monoisotopic (exact) mass is 535 g/mol. The van der Waals surface area contributed by atoms with Gasteiger partial charge in [0.2, 0.25) is 17.6 Å². The highest BCUT2D eigenvalue weighted by Gasteiger charge is 2.46. The van der Waals surface area contributed by atoms with Crippen LogP contribution in [0.4, 0.5) is 4.79 Å². The van der Waals surface area contributed by atoms with Crippen molar-refractivity contribution in [1.29, 1.82) is 0 Å². The van der Waals surface area contributed by atoms with Crippen LogP contribution in [0.2, 0.25) is 0 Å². The lowest BCUT2D eigenvalue weighted by Gasteiger charge is -2.36. The molecule has 1 aliphatic heterocycles. The van der Waals surface area contributed by atoms with Gasteiger partial charge in [0.15, 0.2) is 0 Å². The van der Waals surface area contributed by atoms with Crippen molar-refractivity contribution in [3.63, 3.8) is 0 Å². The molecule has 0 aromatic heterocycles. The fourth-order valence-electron chi connectivity index (χ4n) is 5.31. The van der Waals surface area contributed by atoms with E-state index < -0.39 is 52.7 Å². The third kappa shape index (κ3) is 8.98. The number of nitrogens with one attached hydrogen (secondary N) is 3. The Hall–Kier alpha value is -2.65. The highest BCUT2D eigenvalue weighted by molar-refractivity contribution is 6.37. The van der Waals surface area contributed by atoms with Crippen LogP contribution >= 0.6 is 0 Å². The molecule has 10 nitrogen and oxygen atoms in total. The fourth-order valence-corrected chi connectivity index (χ4v) is 5.31. The van der Waals surface area contributed by atoms with Gasteiger partial charge >= 0.3 is 6.03 Å². The van der Waals surface area contributed by atoms with Crippen LogP contribution < -0.4 is 21.7 Å². The van der Waals surface area contributed by atoms with Gasteiger partial charge in [0, 0.05) is 12.1 Å². The molecule has 0 bridgehead atoms. The second-order valence-electron chi connectivity index (χ2n) is 13.7. The lowest BCUT2D eigenvalue weighted by molar-refractivity contribution is -0.143. The topological polar surface area (TPSA) is 151 Å². The lowest BCUT2D eigenvalue weighted by atomic mass is 9.80. The molecule has 0 unspecified atom stereocenters. The summed E-state index contributed by atoms with van der Waals surface area (Å²) in [7, 11) is 0. The van der Waals surface area contributed by atoms with E-state index in [1.807, 2.05) is 41.5 Å². The minimum Gasteiger partial charge on any atom is -0.363 e. The summed E-state index contributed by atoms with van der Waals surface area (Å²) in [6.07, 6.45) is 4.58. The Kier molecular flexibility index (Phi) is 10.4. The summed E-state index contributed by atoms with van der Waals surface area (Å²) in [5, 5.41) is 8.43. The Balaban J connectivity index is 2.30. The van der Waals surface area contributed by atoms with Crippen LogP contribution in [0.15, 0.2) is 0 Å². The second kappa shape index (κ2) is 12.5. The van der Waals surface area contributed by atoms with E-state index in [0.717, 1.165) is 25.7 Å². The van der Waals surface area contributed by atoms with Crippen molar-refractivity contribution in [1.82, 2.24) is 20.9 Å². The van der Waals surface area contributed by atoms with Crippen molar-refractivity contribution in [2.24, 2.45) is 28.9 Å². The Bertz CT molecular complexity index is 900. The molecule has 1 saturated heterocycles. The van der Waals surface area contributed by atoms with Crippen molar-refractivity contribution >= 4 is 29.5 Å². The highest BCUT2D eigenvalue weighted by atomic mass is 16.2. The van der Waals surface area contributed by atoms with Gasteiger partial charge in [-0.25, -0.2) is 4.79 Å². The Morgan fingerprint density at radius 1 is 0.921 bits per heavy atom. The number of hydrogen-bond acceptors (Lipinski definition) is 5. The number of Topliss-reactive ketones (excluding diaryl/α,β-unsaturated/α-hetero) is 1. The fraction of sp³-hybridized carbons (Fsp3) is 0.821. The van der Waals surface area contributed by atoms with E-state index in [1.54, 1.807) is 4.90 Å². The Morgan fingerprint density at radius 3 is 1.97 bits per heavy atom. The number of amides is 5. The summed E-state index contributed by atoms with van der Waals surface area (Å²) >= 11 is 0. The van der Waals surface area contributed by atoms with E-state index in [0.29, 0.717) is 25.3 Å². The normalized spacial score (nSPS) is 21.9. The van der Waals surface area contributed by atoms with Crippen LogP contribution in [0.25, 0.3) is 0 Å². The average Bonchev–Trinajstić information content (AvgIpc) is 3.13. The SMILES string of the molecule is CC(C)C[C@@H]1C[C@@H](C(=O)N[C@@H](CC2CCC2)C(=O)C(N)=O)N(C(=O)[C@@H](NC(=O)NC(C)(C)C)C(C)(C)C)C1. The van der Waals surface area contributed by atoms with Gasteiger partial charge < -0.3 is 26.6 Å². The molecule has 1 saturated carbocycles. The summed E-state index contributed by atoms with van der Waals surface area (Å²) < 4.78 is 0. The van der Waals surface area contributed by atoms with Crippen molar-refractivity contribution in [3.8, 4) is 0 Å². The van der Waals surface area contributed by atoms with Gasteiger partial charge in [0.25, 0.3) is 5.91 Å². The quantitative estimate of drug-likeness (QED) is 0.317. The molecule has 1 heterocycles. The number of rotatable bonds is 10. The number of likely N-dealkylation sites (tertiary alicyclic amines) is 1. The number of primary amides is 1. The lowest BCUT2D eigenvalue weighted by Crippen LogP contribution is -2.61. The molecule has 5 amide bonds. The average molecular weight is 536 g/mol. The smallest absolute Gasteiger partial charge is 0.315 e. The number of nitrogens with zero attached hydrogens (tertiary/aromatic N) is 1. The van der Waals surface area contributed by atoms with E-state index >= 15 is 0 Å². The number of urea groups is 1. The number of carbonyl (C=O) groups excluding carboxylic acids is 5. The van der Waals surface area contributed by atoms with Crippen molar-refractivity contribution in [2.75, 3.05) is 6.54 Å². The predicted octanol–water partition coefficient (Wildman–Crippen LogP) is 2.49. The molecule has 2 fully saturated rings. The maximum atomic E-state index is 14.0. The molecule has 0 radical (unpaired) electrons. The zero-order chi connectivity index (χ0) is 29.0. The molecule has 2 aliphatic rings. The minimum absolute atomic E-state index is 0.0932. The molecule has 1 aliphatic carbocycles. The number of nitrogens with two attached hydrogens (primary N) is 1. The van der Waals surface area contributed by atoms with Crippen LogP contribution in [-0.2, 0) is 19.2 Å². The molecule has 38 heavy (non-hydrogen) atoms. The highest BCUT2D eigenvalue weighted by Crippen LogP contribution is 2.33. The summed E-state index contributed by atoms with van der Waals surface area (Å²) in [6, 6.07) is -3.15. The number of ketones is 1. The van der Waals surface area contributed by atoms with Gasteiger partial charge in [-0.2, -0.15) is 0 Å². The largest absolute Gasteiger partial charge is 0.363 e. The van der Waals surface area contributed by atoms with Crippen molar-refractivity contribution < 1.29 is 24.0 Å². The molecular weight excluding hydrogens is 486 g/mol. The van der Waals surface area contributed by atoms with Crippen LogP contribution in [-0.4, -0.2) is 64.6 Å². The van der Waals surface area contributed by atoms with E-state index in [4.69, 9.17) is 5.73 Å². The first-order valence-corrected chi connectivity index (χ1v) is 13.9. The summed E-state index contributed by atoms with van der Waals surface area (Å²) in [4.78, 5) is 66.1. The van der Waals surface area contributed by atoms with Gasteiger partial charge in [-0.1, -0.05) is 53.9 Å². The first-order chi connectivity index (χ1) is 17.4. The van der Waals surface area contributed by atoms with Crippen LogP contribution in [0.5, 0.6) is 0 Å². The van der Waals surface area contributed by atoms with Gasteiger partial charge in [-0.05, 0) is 63.2 Å². The summed E-state index contributed by atoms with van der Waals surface area (Å²) in [5.74, 6) is -1.97. The van der Waals surface area contributed by atoms with Gasteiger partial charge in [-0.15, -0.1) is 0 Å². The van der Waals surface area contributed by atoms with Crippen LogP contribution in [0.1, 0.15) is 93.9 Å². The van der Waals surface area contributed by atoms with Crippen LogP contribution in [0, 0.1) is 23.2 Å². The first kappa shape index (κ1) is 31.6. The molecular formula is C28H49N5O5. The first-order valence-electron chi connectivity index (χ1n) is 13.9. The number of carbonyl (C=O) groups is 5. The van der Waals surface area contributed by atoms with E-state index in [-0.39, 0.29) is 17.7 Å². The second-order valence-corrected chi connectivity index (χ2v) is 13.7. The van der Waals surface area contributed by atoms with E-state index in [1.165, 1.54) is 0 Å². The molecule has 0 aromatic carbocycles. The molecule has 216 valence electrons. The van der Waals surface area contributed by atoms with E-state index in [2.05, 4.69) is 29.8 Å². The number of hydrogen-bond donors (Lipinski definition) is 4. The maximum Gasteiger partial charge on any atom is 0.315 e. The Labute approximate surface area is 227 Å². The molecule has 2 rings (SSSR count). The van der Waals surface area contributed by atoms with Gasteiger partial charge in [-0.3, -0.25) is 19.2 Å². The zero-order valence-electron chi connectivity index (χ0n) is 24.5. The summed E-state index contributed by atoms with van der Waals surface area (Å²) in [6.45, 7) is 15.7. The summed E-state index contributed by atoms with van der Waals surface area (Å²) in [5.41, 5.74) is 4.16. The predicted molar refractivity (Wildman–Crippen MR) is 146 cm³/mol. The van der Waals surface area contributed by atoms with Gasteiger partial charge in [0.1, 0.15) is 12.1 Å². The molecule has 0 aromatic rings. The van der Waals surface area contributed by atoms with Crippen LogP contribution in [0.3, 0.4) is 0 Å². The third-order valence-corrected chi connectivity index (χ3v) is 7.32. The molecule has 0 spiro atoms. The molecule has 5 N–H and O–H groups in total. The standard InChI is InChI=1S/C28H49N5O5/c1-16(2)12-18-14-20(24(36)30-19(21(34)23(29)35)13-17-10-9-11-17)33(15-18)25(37)22(27(3,4)5)31-26(38)32-28(6,7)8/h16-20,22H,9-15H2,1-8H3,(H2,29,35)(H,30,36)(H2,31,32,38)/t18-,19+,20+,22-/m1/s1. The van der Waals surface area contributed by atoms with Gasteiger partial charge in [0.05, 0.1) is 6.04 Å². The zero-order valence-corrected chi connectivity index (χ0v) is 24.5. The maximum absolute atomic E-state index is 14.0. The van der Waals surface area contributed by atoms with Crippen molar-refractivity contribution in [3.05, 3.63) is 0 Å². The minimum atomic E-state index is -1.08. The molecule has 10 heteroatoms. The van der Waals surface area contributed by atoms with E-state index in [9.17, 15) is 24.0 Å².